The first kappa shape index (κ1) is 11.0. The van der Waals surface area contributed by atoms with E-state index in [4.69, 9.17) is 0 Å². The summed E-state index contributed by atoms with van der Waals surface area (Å²) in [5.41, 5.74) is 2.23. The van der Waals surface area contributed by atoms with Gasteiger partial charge in [-0.2, -0.15) is 0 Å². The first-order chi connectivity index (χ1) is 7.75. The molecule has 0 saturated heterocycles. The Hall–Kier alpha value is -1.48. The van der Waals surface area contributed by atoms with E-state index in [1.165, 1.54) is 5.56 Å². The Morgan fingerprint density at radius 3 is 2.31 bits per heavy atom. The summed E-state index contributed by atoms with van der Waals surface area (Å²) >= 11 is 0. The van der Waals surface area contributed by atoms with Gasteiger partial charge in [0.1, 0.15) is 0 Å². The standard InChI is InChI=1S/C13H13NOS/c1-11-2-4-13(5-3-11)16(15)10-12-6-8-14-9-7-12/h2-9H,10H2,1H3. The minimum Gasteiger partial charge on any atom is -0.265 e. The Balaban J connectivity index is 2.12. The lowest BCUT2D eigenvalue weighted by atomic mass is 10.2. The second kappa shape index (κ2) is 5.03. The van der Waals surface area contributed by atoms with Crippen LogP contribution in [0.25, 0.3) is 0 Å². The lowest BCUT2D eigenvalue weighted by molar-refractivity contribution is 0.682. The van der Waals surface area contributed by atoms with Gasteiger partial charge in [0.2, 0.25) is 0 Å². The van der Waals surface area contributed by atoms with Gasteiger partial charge in [-0.15, -0.1) is 0 Å². The van der Waals surface area contributed by atoms with Gasteiger partial charge in [0, 0.05) is 17.3 Å². The summed E-state index contributed by atoms with van der Waals surface area (Å²) in [4.78, 5) is 4.82. The highest BCUT2D eigenvalue weighted by Gasteiger charge is 2.04. The molecule has 0 fully saturated rings. The third-order valence-electron chi connectivity index (χ3n) is 2.33. The normalized spacial score (nSPS) is 12.3. The van der Waals surface area contributed by atoms with Crippen LogP contribution in [0.5, 0.6) is 0 Å². The lowest BCUT2D eigenvalue weighted by Gasteiger charge is -2.02. The second-order valence-electron chi connectivity index (χ2n) is 3.66. The number of benzene rings is 1. The number of aromatic nitrogens is 1. The summed E-state index contributed by atoms with van der Waals surface area (Å²) in [5, 5.41) is 0. The highest BCUT2D eigenvalue weighted by molar-refractivity contribution is 7.84. The molecule has 0 aliphatic heterocycles. The summed E-state index contributed by atoms with van der Waals surface area (Å²) in [5.74, 6) is 0.547. The van der Waals surface area contributed by atoms with Crippen molar-refractivity contribution in [2.24, 2.45) is 0 Å². The van der Waals surface area contributed by atoms with Crippen molar-refractivity contribution in [1.82, 2.24) is 4.98 Å². The maximum atomic E-state index is 12.0. The molecule has 0 radical (unpaired) electrons. The second-order valence-corrected chi connectivity index (χ2v) is 5.11. The van der Waals surface area contributed by atoms with Gasteiger partial charge in [-0.25, -0.2) is 0 Å². The van der Waals surface area contributed by atoms with Gasteiger partial charge in [0.15, 0.2) is 0 Å². The fourth-order valence-corrected chi connectivity index (χ4v) is 2.51. The van der Waals surface area contributed by atoms with E-state index in [-0.39, 0.29) is 0 Å². The van der Waals surface area contributed by atoms with Crippen molar-refractivity contribution < 1.29 is 4.21 Å². The highest BCUT2D eigenvalue weighted by Crippen LogP contribution is 2.12. The van der Waals surface area contributed by atoms with Crippen LogP contribution in [0.2, 0.25) is 0 Å². The molecule has 0 bridgehead atoms. The van der Waals surface area contributed by atoms with E-state index in [1.54, 1.807) is 12.4 Å². The van der Waals surface area contributed by atoms with Crippen molar-refractivity contribution in [3.63, 3.8) is 0 Å². The minimum atomic E-state index is -0.970. The zero-order valence-corrected chi connectivity index (χ0v) is 9.91. The number of nitrogens with zero attached hydrogens (tertiary/aromatic N) is 1. The van der Waals surface area contributed by atoms with E-state index in [9.17, 15) is 4.21 Å². The first-order valence-electron chi connectivity index (χ1n) is 5.09. The molecule has 16 heavy (non-hydrogen) atoms. The molecule has 0 spiro atoms. The largest absolute Gasteiger partial charge is 0.265 e. The van der Waals surface area contributed by atoms with Crippen molar-refractivity contribution in [2.75, 3.05) is 0 Å². The van der Waals surface area contributed by atoms with Crippen LogP contribution in [0.15, 0.2) is 53.7 Å². The molecule has 2 nitrogen and oxygen atoms in total. The number of hydrogen-bond acceptors (Lipinski definition) is 2. The number of hydrogen-bond donors (Lipinski definition) is 0. The van der Waals surface area contributed by atoms with Crippen LogP contribution < -0.4 is 0 Å². The van der Waals surface area contributed by atoms with Gasteiger partial charge < -0.3 is 0 Å². The van der Waals surface area contributed by atoms with Crippen molar-refractivity contribution in [3.05, 3.63) is 59.9 Å². The van der Waals surface area contributed by atoms with Gasteiger partial charge in [-0.1, -0.05) is 17.7 Å². The van der Waals surface area contributed by atoms with Gasteiger partial charge in [0.05, 0.1) is 16.6 Å². The van der Waals surface area contributed by atoms with Gasteiger partial charge in [-0.05, 0) is 36.8 Å². The van der Waals surface area contributed by atoms with Crippen LogP contribution in [-0.2, 0) is 16.6 Å². The Kier molecular flexibility index (Phi) is 3.47. The first-order valence-corrected chi connectivity index (χ1v) is 6.41. The fraction of sp³-hybridized carbons (Fsp3) is 0.154. The lowest BCUT2D eigenvalue weighted by Crippen LogP contribution is -1.96. The van der Waals surface area contributed by atoms with E-state index >= 15 is 0 Å². The number of rotatable bonds is 3. The third kappa shape index (κ3) is 2.76. The fourth-order valence-electron chi connectivity index (χ4n) is 1.40. The summed E-state index contributed by atoms with van der Waals surface area (Å²) in [6, 6.07) is 11.6. The zero-order valence-electron chi connectivity index (χ0n) is 9.09. The average Bonchev–Trinajstić information content (AvgIpc) is 2.31. The molecule has 0 amide bonds. The molecule has 1 unspecified atom stereocenters. The van der Waals surface area contributed by atoms with Gasteiger partial charge >= 0.3 is 0 Å². The maximum absolute atomic E-state index is 12.0. The molecule has 0 aliphatic carbocycles. The average molecular weight is 231 g/mol. The zero-order chi connectivity index (χ0) is 11.4. The highest BCUT2D eigenvalue weighted by atomic mass is 32.2. The molecule has 2 rings (SSSR count). The van der Waals surface area contributed by atoms with Crippen LogP contribution in [0, 0.1) is 6.92 Å². The van der Waals surface area contributed by atoms with E-state index in [2.05, 4.69) is 4.98 Å². The number of aryl methyl sites for hydroxylation is 1. The molecule has 3 heteroatoms. The number of pyridine rings is 1. The monoisotopic (exact) mass is 231 g/mol. The quantitative estimate of drug-likeness (QED) is 0.813. The Bertz CT molecular complexity index is 479. The molecule has 0 aliphatic rings. The summed E-state index contributed by atoms with van der Waals surface area (Å²) in [6.07, 6.45) is 3.45. The van der Waals surface area contributed by atoms with Crippen LogP contribution in [-0.4, -0.2) is 9.19 Å². The van der Waals surface area contributed by atoms with Crippen molar-refractivity contribution >= 4 is 10.8 Å². The van der Waals surface area contributed by atoms with E-state index in [0.29, 0.717) is 5.75 Å². The smallest absolute Gasteiger partial charge is 0.0574 e. The van der Waals surface area contributed by atoms with Crippen molar-refractivity contribution in [1.29, 1.82) is 0 Å². The summed E-state index contributed by atoms with van der Waals surface area (Å²) in [6.45, 7) is 2.02. The summed E-state index contributed by atoms with van der Waals surface area (Å²) < 4.78 is 12.0. The topological polar surface area (TPSA) is 30.0 Å². The van der Waals surface area contributed by atoms with Crippen molar-refractivity contribution in [3.8, 4) is 0 Å². The molecule has 2 aromatic rings. The van der Waals surface area contributed by atoms with E-state index in [1.807, 2.05) is 43.3 Å². The van der Waals surface area contributed by atoms with Gasteiger partial charge in [0.25, 0.3) is 0 Å². The molecule has 1 aromatic carbocycles. The Morgan fingerprint density at radius 1 is 1.06 bits per heavy atom. The van der Waals surface area contributed by atoms with E-state index in [0.717, 1.165) is 10.5 Å². The predicted molar refractivity (Wildman–Crippen MR) is 65.5 cm³/mol. The Morgan fingerprint density at radius 2 is 1.69 bits per heavy atom. The minimum absolute atomic E-state index is 0.547. The molecule has 0 N–H and O–H groups in total. The molecule has 1 heterocycles. The predicted octanol–water partition coefficient (Wildman–Crippen LogP) is 2.70. The summed E-state index contributed by atoms with van der Waals surface area (Å²) in [7, 11) is -0.970. The molecule has 1 aromatic heterocycles. The molecule has 1 atom stereocenters. The Labute approximate surface area is 97.8 Å². The van der Waals surface area contributed by atoms with E-state index < -0.39 is 10.8 Å². The van der Waals surface area contributed by atoms with Crippen LogP contribution in [0.3, 0.4) is 0 Å². The third-order valence-corrected chi connectivity index (χ3v) is 3.72. The van der Waals surface area contributed by atoms with Gasteiger partial charge in [-0.3, -0.25) is 9.19 Å². The maximum Gasteiger partial charge on any atom is 0.0574 e. The SMILES string of the molecule is Cc1ccc(S(=O)Cc2ccncc2)cc1. The van der Waals surface area contributed by atoms with Crippen LogP contribution in [0.4, 0.5) is 0 Å². The van der Waals surface area contributed by atoms with Crippen molar-refractivity contribution in [2.45, 2.75) is 17.6 Å². The molecule has 0 saturated carbocycles. The molecular formula is C13H13NOS. The van der Waals surface area contributed by atoms with Crippen LogP contribution >= 0.6 is 0 Å². The van der Waals surface area contributed by atoms with Crippen LogP contribution in [0.1, 0.15) is 11.1 Å². The molecular weight excluding hydrogens is 218 g/mol. The molecule has 82 valence electrons.